The molecule has 2 amide bonds. The van der Waals surface area contributed by atoms with Crippen LogP contribution in [-0.4, -0.2) is 48.0 Å². The van der Waals surface area contributed by atoms with Gasteiger partial charge in [0.2, 0.25) is 5.91 Å². The summed E-state index contributed by atoms with van der Waals surface area (Å²) in [5, 5.41) is 1.46. The van der Waals surface area contributed by atoms with E-state index in [1.807, 2.05) is 11.8 Å². The summed E-state index contributed by atoms with van der Waals surface area (Å²) in [5.74, 6) is -0.246. The van der Waals surface area contributed by atoms with Gasteiger partial charge in [0, 0.05) is 19.6 Å². The fourth-order valence-electron chi connectivity index (χ4n) is 4.34. The van der Waals surface area contributed by atoms with Crippen molar-refractivity contribution in [2.75, 3.05) is 26.2 Å². The maximum atomic E-state index is 13.6. The minimum atomic E-state index is -1.11. The van der Waals surface area contributed by atoms with Crippen molar-refractivity contribution in [3.63, 3.8) is 0 Å². The molecule has 0 aromatic rings. The number of hydrogen-bond donors (Lipinski definition) is 0. The topological polar surface area (TPSA) is 49.9 Å². The third-order valence-corrected chi connectivity index (χ3v) is 6.65. The Morgan fingerprint density at radius 2 is 0.941 bits per heavy atom. The largest absolute Gasteiger partial charge is 0.342 e. The number of carbonyl (C=O) groups excluding carboxylic acids is 2. The lowest BCUT2D eigenvalue weighted by atomic mass is 9.89. The minimum Gasteiger partial charge on any atom is -0.342 e. The third-order valence-electron chi connectivity index (χ3n) is 6.65. The first-order valence-electron chi connectivity index (χ1n) is 14.6. The summed E-state index contributed by atoms with van der Waals surface area (Å²) >= 11 is 0. The average Bonchev–Trinajstić information content (AvgIpc) is 2.83. The van der Waals surface area contributed by atoms with E-state index in [9.17, 15) is 9.59 Å². The maximum Gasteiger partial charge on any atom is 0.261 e. The van der Waals surface area contributed by atoms with Crippen molar-refractivity contribution in [3.05, 3.63) is 0 Å². The van der Waals surface area contributed by atoms with E-state index >= 15 is 0 Å². The molecule has 0 heterocycles. The van der Waals surface area contributed by atoms with E-state index in [-0.39, 0.29) is 11.8 Å². The first-order valence-corrected chi connectivity index (χ1v) is 14.6. The highest BCUT2D eigenvalue weighted by Gasteiger charge is 2.42. The normalized spacial score (nSPS) is 11.6. The molecule has 0 spiro atoms. The van der Waals surface area contributed by atoms with E-state index in [1.54, 1.807) is 13.8 Å². The minimum absolute atomic E-state index is 0.0436. The van der Waals surface area contributed by atoms with Crippen molar-refractivity contribution in [1.82, 2.24) is 9.96 Å². The second-order valence-electron chi connectivity index (χ2n) is 10.3. The fourth-order valence-corrected chi connectivity index (χ4v) is 4.34. The van der Waals surface area contributed by atoms with Gasteiger partial charge in [-0.25, -0.2) is 5.06 Å². The van der Waals surface area contributed by atoms with Crippen molar-refractivity contribution >= 4 is 11.8 Å². The Morgan fingerprint density at radius 3 is 1.38 bits per heavy atom. The lowest BCUT2D eigenvalue weighted by Crippen LogP contribution is -2.51. The molecule has 0 radical (unpaired) electrons. The van der Waals surface area contributed by atoms with Gasteiger partial charge in [0.15, 0.2) is 0 Å². The van der Waals surface area contributed by atoms with Crippen LogP contribution in [0.15, 0.2) is 0 Å². The number of hydrogen-bond acceptors (Lipinski definition) is 3. The standard InChI is InChI=1S/C29H58N2O3/c1-7-11-14-17-19-21-24-30(25-22-20-18-15-12-8-2)27(32)29(5,6)28(33)31(34-10-4)26-23-16-13-9-3/h7-26H2,1-6H3. The third kappa shape index (κ3) is 14.3. The molecule has 0 fully saturated rings. The van der Waals surface area contributed by atoms with Crippen LogP contribution in [0.3, 0.4) is 0 Å². The Kier molecular flexibility index (Phi) is 20.5. The van der Waals surface area contributed by atoms with Gasteiger partial charge in [-0.15, -0.1) is 0 Å². The molecule has 0 N–H and O–H groups in total. The Hall–Kier alpha value is -1.10. The SMILES string of the molecule is CCCCCCCCN(CCCCCCCC)C(=O)C(C)(C)C(=O)N(CCCCCC)OCC. The smallest absolute Gasteiger partial charge is 0.261 e. The Balaban J connectivity index is 5.08. The van der Waals surface area contributed by atoms with Gasteiger partial charge < -0.3 is 4.90 Å². The highest BCUT2D eigenvalue weighted by Crippen LogP contribution is 2.24. The summed E-state index contributed by atoms with van der Waals surface area (Å²) in [6, 6.07) is 0. The van der Waals surface area contributed by atoms with E-state index in [1.165, 1.54) is 56.4 Å². The van der Waals surface area contributed by atoms with Crippen molar-refractivity contribution < 1.29 is 14.4 Å². The second-order valence-corrected chi connectivity index (χ2v) is 10.3. The number of nitrogens with zero attached hydrogens (tertiary/aromatic N) is 2. The molecule has 202 valence electrons. The monoisotopic (exact) mass is 482 g/mol. The molecule has 0 aromatic carbocycles. The first-order chi connectivity index (χ1) is 16.4. The molecule has 0 bridgehead atoms. The van der Waals surface area contributed by atoms with Gasteiger partial charge in [0.25, 0.3) is 5.91 Å². The highest BCUT2D eigenvalue weighted by atomic mass is 16.7. The van der Waals surface area contributed by atoms with Gasteiger partial charge in [0.05, 0.1) is 6.61 Å². The van der Waals surface area contributed by atoms with E-state index < -0.39 is 5.41 Å². The molecule has 0 aromatic heterocycles. The van der Waals surface area contributed by atoms with E-state index in [0.29, 0.717) is 13.2 Å². The maximum absolute atomic E-state index is 13.6. The second kappa shape index (κ2) is 21.2. The van der Waals surface area contributed by atoms with Gasteiger partial charge in [-0.1, -0.05) is 104 Å². The number of amides is 2. The van der Waals surface area contributed by atoms with Gasteiger partial charge in [-0.2, -0.15) is 0 Å². The summed E-state index contributed by atoms with van der Waals surface area (Å²) in [5.41, 5.74) is -1.11. The van der Waals surface area contributed by atoms with Crippen LogP contribution in [0.2, 0.25) is 0 Å². The summed E-state index contributed by atoms with van der Waals surface area (Å²) in [6.07, 6.45) is 18.7. The number of rotatable bonds is 23. The Labute approximate surface area is 212 Å². The lowest BCUT2D eigenvalue weighted by molar-refractivity contribution is -0.196. The summed E-state index contributed by atoms with van der Waals surface area (Å²) in [7, 11) is 0. The van der Waals surface area contributed by atoms with Crippen molar-refractivity contribution in [1.29, 1.82) is 0 Å². The van der Waals surface area contributed by atoms with Crippen molar-refractivity contribution in [3.8, 4) is 0 Å². The van der Waals surface area contributed by atoms with Crippen LogP contribution in [0, 0.1) is 5.41 Å². The van der Waals surface area contributed by atoms with Gasteiger partial charge >= 0.3 is 0 Å². The highest BCUT2D eigenvalue weighted by molar-refractivity contribution is 6.03. The molecular formula is C29H58N2O3. The van der Waals surface area contributed by atoms with Crippen LogP contribution >= 0.6 is 0 Å². The molecule has 5 nitrogen and oxygen atoms in total. The first kappa shape index (κ1) is 32.9. The van der Waals surface area contributed by atoms with E-state index in [2.05, 4.69) is 20.8 Å². The van der Waals surface area contributed by atoms with Crippen molar-refractivity contribution in [2.45, 2.75) is 144 Å². The molecular weight excluding hydrogens is 424 g/mol. The molecule has 0 aliphatic heterocycles. The van der Waals surface area contributed by atoms with Crippen LogP contribution in [0.5, 0.6) is 0 Å². The van der Waals surface area contributed by atoms with Crippen LogP contribution in [0.1, 0.15) is 144 Å². The molecule has 0 saturated heterocycles. The number of carbonyl (C=O) groups is 2. The quantitative estimate of drug-likeness (QED) is 0.0844. The van der Waals surface area contributed by atoms with Crippen molar-refractivity contribution in [2.24, 2.45) is 5.41 Å². The molecule has 0 aliphatic carbocycles. The predicted molar refractivity (Wildman–Crippen MR) is 145 cm³/mol. The van der Waals surface area contributed by atoms with Gasteiger partial charge in [0.1, 0.15) is 5.41 Å². The van der Waals surface area contributed by atoms with Crippen LogP contribution in [0.25, 0.3) is 0 Å². The average molecular weight is 483 g/mol. The Bertz CT molecular complexity index is 492. The molecule has 0 saturated carbocycles. The zero-order chi connectivity index (χ0) is 25.7. The molecule has 34 heavy (non-hydrogen) atoms. The number of hydroxylamine groups is 2. The fraction of sp³-hybridized carbons (Fsp3) is 0.931. The van der Waals surface area contributed by atoms with E-state index in [0.717, 1.165) is 64.5 Å². The van der Waals surface area contributed by atoms with Crippen LogP contribution < -0.4 is 0 Å². The lowest BCUT2D eigenvalue weighted by Gasteiger charge is -2.34. The summed E-state index contributed by atoms with van der Waals surface area (Å²) in [4.78, 5) is 34.7. The molecule has 0 atom stereocenters. The zero-order valence-electron chi connectivity index (χ0n) is 23.8. The van der Waals surface area contributed by atoms with Gasteiger partial charge in [-0.3, -0.25) is 14.4 Å². The van der Waals surface area contributed by atoms with Crippen LogP contribution in [0.4, 0.5) is 0 Å². The number of unbranched alkanes of at least 4 members (excludes halogenated alkanes) is 13. The van der Waals surface area contributed by atoms with E-state index in [4.69, 9.17) is 4.84 Å². The van der Waals surface area contributed by atoms with Gasteiger partial charge in [-0.05, 0) is 40.0 Å². The molecule has 5 heteroatoms. The molecule has 0 unspecified atom stereocenters. The summed E-state index contributed by atoms with van der Waals surface area (Å²) in [6.45, 7) is 14.6. The molecule has 0 rings (SSSR count). The van der Waals surface area contributed by atoms with Crippen LogP contribution in [-0.2, 0) is 14.4 Å². The zero-order valence-corrected chi connectivity index (χ0v) is 23.8. The Morgan fingerprint density at radius 1 is 0.559 bits per heavy atom. The molecule has 0 aliphatic rings. The summed E-state index contributed by atoms with van der Waals surface area (Å²) < 4.78 is 0. The predicted octanol–water partition coefficient (Wildman–Crippen LogP) is 7.92.